The Hall–Kier alpha value is -0.740. The van der Waals surface area contributed by atoms with Crippen LogP contribution in [0.4, 0.5) is 0 Å². The smallest absolute Gasteiger partial charge is 0.168 e. The highest BCUT2D eigenvalue weighted by atomic mass is 32.1. The molecule has 0 saturated heterocycles. The number of ketones is 1. The number of rotatable bonds is 4. The van der Waals surface area contributed by atoms with Crippen LogP contribution in [0.25, 0.3) is 0 Å². The monoisotopic (exact) mass is 213 g/mol. The van der Waals surface area contributed by atoms with Gasteiger partial charge in [0.05, 0.1) is 12.1 Å². The highest BCUT2D eigenvalue weighted by Crippen LogP contribution is 2.17. The molecule has 1 aromatic heterocycles. The second-order valence-electron chi connectivity index (χ2n) is 3.27. The van der Waals surface area contributed by atoms with Crippen molar-refractivity contribution in [1.82, 2.24) is 4.98 Å². The zero-order chi connectivity index (χ0) is 10.7. The van der Waals surface area contributed by atoms with Gasteiger partial charge in [0, 0.05) is 12.0 Å². The van der Waals surface area contributed by atoms with Crippen LogP contribution in [-0.2, 0) is 16.0 Å². The van der Waals surface area contributed by atoms with E-state index >= 15 is 0 Å². The molecular formula is C10H15NO2S. The first-order chi connectivity index (χ1) is 6.54. The van der Waals surface area contributed by atoms with Crippen molar-refractivity contribution in [2.24, 2.45) is 0 Å². The summed E-state index contributed by atoms with van der Waals surface area (Å²) in [5.41, 5.74) is 1.02. The molecule has 0 bridgehead atoms. The fourth-order valence-corrected chi connectivity index (χ4v) is 1.98. The first-order valence-corrected chi connectivity index (χ1v) is 5.34. The van der Waals surface area contributed by atoms with Gasteiger partial charge < -0.3 is 4.74 Å². The van der Waals surface area contributed by atoms with Gasteiger partial charge in [0.1, 0.15) is 11.1 Å². The zero-order valence-corrected chi connectivity index (χ0v) is 9.77. The SMILES string of the molecule is COC(C)C(=O)Cc1nc(C)c(C)s1. The lowest BCUT2D eigenvalue weighted by Gasteiger charge is -2.05. The fraction of sp³-hybridized carbons (Fsp3) is 0.600. The molecule has 0 amide bonds. The Kier molecular flexibility index (Phi) is 3.77. The molecule has 4 heteroatoms. The second kappa shape index (κ2) is 4.66. The van der Waals surface area contributed by atoms with Crippen LogP contribution in [0, 0.1) is 13.8 Å². The molecule has 0 spiro atoms. The van der Waals surface area contributed by atoms with Crippen LogP contribution >= 0.6 is 11.3 Å². The molecular weight excluding hydrogens is 198 g/mol. The van der Waals surface area contributed by atoms with E-state index in [1.807, 2.05) is 13.8 Å². The van der Waals surface area contributed by atoms with Crippen molar-refractivity contribution in [3.05, 3.63) is 15.6 Å². The quantitative estimate of drug-likeness (QED) is 0.767. The number of carbonyl (C=O) groups is 1. The molecule has 1 atom stereocenters. The summed E-state index contributed by atoms with van der Waals surface area (Å²) >= 11 is 1.58. The molecule has 14 heavy (non-hydrogen) atoms. The maximum Gasteiger partial charge on any atom is 0.168 e. The van der Waals surface area contributed by atoms with Crippen LogP contribution in [0.15, 0.2) is 0 Å². The number of hydrogen-bond donors (Lipinski definition) is 0. The van der Waals surface area contributed by atoms with Gasteiger partial charge >= 0.3 is 0 Å². The number of aryl methyl sites for hydroxylation is 2. The normalized spacial score (nSPS) is 12.9. The van der Waals surface area contributed by atoms with E-state index in [1.54, 1.807) is 25.4 Å². The number of hydrogen-bond acceptors (Lipinski definition) is 4. The van der Waals surface area contributed by atoms with Gasteiger partial charge in [-0.05, 0) is 20.8 Å². The van der Waals surface area contributed by atoms with E-state index in [-0.39, 0.29) is 11.9 Å². The first kappa shape index (κ1) is 11.3. The molecule has 0 N–H and O–H groups in total. The largest absolute Gasteiger partial charge is 0.374 e. The topological polar surface area (TPSA) is 39.2 Å². The predicted octanol–water partition coefficient (Wildman–Crippen LogP) is 1.91. The van der Waals surface area contributed by atoms with E-state index in [4.69, 9.17) is 4.74 Å². The molecule has 0 fully saturated rings. The number of nitrogens with zero attached hydrogens (tertiary/aromatic N) is 1. The Labute approximate surface area is 88.1 Å². The molecule has 1 unspecified atom stereocenters. The Morgan fingerprint density at radius 3 is 2.64 bits per heavy atom. The van der Waals surface area contributed by atoms with Crippen LogP contribution in [-0.4, -0.2) is 24.0 Å². The summed E-state index contributed by atoms with van der Waals surface area (Å²) in [5, 5.41) is 0.883. The van der Waals surface area contributed by atoms with Gasteiger partial charge in [-0.15, -0.1) is 11.3 Å². The predicted molar refractivity (Wildman–Crippen MR) is 56.8 cm³/mol. The number of methoxy groups -OCH3 is 1. The van der Waals surface area contributed by atoms with E-state index < -0.39 is 0 Å². The van der Waals surface area contributed by atoms with E-state index in [0.717, 1.165) is 10.7 Å². The summed E-state index contributed by atoms with van der Waals surface area (Å²) in [6.45, 7) is 5.73. The molecule has 3 nitrogen and oxygen atoms in total. The van der Waals surface area contributed by atoms with Crippen LogP contribution < -0.4 is 0 Å². The third-order valence-electron chi connectivity index (χ3n) is 2.21. The molecule has 1 rings (SSSR count). The average Bonchev–Trinajstić information content (AvgIpc) is 2.44. The minimum Gasteiger partial charge on any atom is -0.374 e. The van der Waals surface area contributed by atoms with Gasteiger partial charge in [0.25, 0.3) is 0 Å². The molecule has 78 valence electrons. The highest BCUT2D eigenvalue weighted by Gasteiger charge is 2.14. The lowest BCUT2D eigenvalue weighted by molar-refractivity contribution is -0.127. The van der Waals surface area contributed by atoms with Crippen molar-refractivity contribution in [3.8, 4) is 0 Å². The number of ether oxygens (including phenoxy) is 1. The second-order valence-corrected chi connectivity index (χ2v) is 4.56. The van der Waals surface area contributed by atoms with Crippen molar-refractivity contribution in [2.75, 3.05) is 7.11 Å². The lowest BCUT2D eigenvalue weighted by atomic mass is 10.2. The van der Waals surface area contributed by atoms with Crippen molar-refractivity contribution in [2.45, 2.75) is 33.3 Å². The standard InChI is InChI=1S/C10H15NO2S/c1-6-8(3)14-10(11-6)5-9(12)7(2)13-4/h7H,5H2,1-4H3. The summed E-state index contributed by atoms with van der Waals surface area (Å²) in [6.07, 6.45) is 0.0495. The Balaban J connectivity index is 2.65. The van der Waals surface area contributed by atoms with Crippen LogP contribution in [0.1, 0.15) is 22.5 Å². The van der Waals surface area contributed by atoms with Gasteiger partial charge in [-0.25, -0.2) is 4.98 Å². The minimum atomic E-state index is -0.334. The Bertz CT molecular complexity index is 313. The van der Waals surface area contributed by atoms with Crippen LogP contribution in [0.2, 0.25) is 0 Å². The molecule has 0 aliphatic rings. The van der Waals surface area contributed by atoms with Crippen molar-refractivity contribution < 1.29 is 9.53 Å². The Morgan fingerprint density at radius 2 is 2.21 bits per heavy atom. The minimum absolute atomic E-state index is 0.0845. The van der Waals surface area contributed by atoms with Crippen molar-refractivity contribution >= 4 is 17.1 Å². The van der Waals surface area contributed by atoms with Gasteiger partial charge in [0.15, 0.2) is 5.78 Å². The molecule has 0 radical (unpaired) electrons. The highest BCUT2D eigenvalue weighted by molar-refractivity contribution is 7.11. The summed E-state index contributed by atoms with van der Waals surface area (Å²) < 4.78 is 4.95. The van der Waals surface area contributed by atoms with Crippen LogP contribution in [0.3, 0.4) is 0 Å². The third kappa shape index (κ3) is 2.62. The van der Waals surface area contributed by atoms with E-state index in [2.05, 4.69) is 4.98 Å². The third-order valence-corrected chi connectivity index (χ3v) is 3.28. The summed E-state index contributed by atoms with van der Waals surface area (Å²) in [7, 11) is 1.54. The number of carbonyl (C=O) groups excluding carboxylic acids is 1. The van der Waals surface area contributed by atoms with Gasteiger partial charge in [-0.3, -0.25) is 4.79 Å². The van der Waals surface area contributed by atoms with Gasteiger partial charge in [-0.1, -0.05) is 0 Å². The first-order valence-electron chi connectivity index (χ1n) is 4.53. The molecule has 1 aromatic rings. The number of aromatic nitrogens is 1. The van der Waals surface area contributed by atoms with Crippen LogP contribution in [0.5, 0.6) is 0 Å². The average molecular weight is 213 g/mol. The maximum absolute atomic E-state index is 11.5. The summed E-state index contributed by atoms with van der Waals surface area (Å²) in [4.78, 5) is 17.0. The van der Waals surface area contributed by atoms with Gasteiger partial charge in [0.2, 0.25) is 0 Å². The number of Topliss-reactive ketones (excluding diaryl/α,β-unsaturated/α-hetero) is 1. The molecule has 0 aromatic carbocycles. The van der Waals surface area contributed by atoms with Crippen molar-refractivity contribution in [1.29, 1.82) is 0 Å². The Morgan fingerprint density at radius 1 is 1.57 bits per heavy atom. The molecule has 1 heterocycles. The van der Waals surface area contributed by atoms with E-state index in [9.17, 15) is 4.79 Å². The van der Waals surface area contributed by atoms with Crippen molar-refractivity contribution in [3.63, 3.8) is 0 Å². The summed E-state index contributed by atoms with van der Waals surface area (Å²) in [6, 6.07) is 0. The number of thiazole rings is 1. The molecule has 0 saturated carbocycles. The zero-order valence-electron chi connectivity index (χ0n) is 8.96. The van der Waals surface area contributed by atoms with E-state index in [1.165, 1.54) is 4.88 Å². The summed E-state index contributed by atoms with van der Waals surface area (Å²) in [5.74, 6) is 0.0845. The lowest BCUT2D eigenvalue weighted by Crippen LogP contribution is -2.20. The van der Waals surface area contributed by atoms with E-state index in [0.29, 0.717) is 6.42 Å². The van der Waals surface area contributed by atoms with Gasteiger partial charge in [-0.2, -0.15) is 0 Å². The molecule has 0 aliphatic heterocycles. The molecule has 0 aliphatic carbocycles. The maximum atomic E-state index is 11.5. The fourth-order valence-electron chi connectivity index (χ4n) is 1.04.